The van der Waals surface area contributed by atoms with E-state index >= 15 is 0 Å². The average molecular weight is 345 g/mol. The zero-order valence-corrected chi connectivity index (χ0v) is 14.1. The van der Waals surface area contributed by atoms with Gasteiger partial charge in [-0.1, -0.05) is 41.9 Å². The first-order chi connectivity index (χ1) is 11.5. The van der Waals surface area contributed by atoms with Crippen LogP contribution in [0.4, 0.5) is 5.69 Å². The quantitative estimate of drug-likeness (QED) is 0.374. The third-order valence-corrected chi connectivity index (χ3v) is 3.64. The number of hydrogen-bond donors (Lipinski definition) is 1. The molecule has 0 radical (unpaired) electrons. The fraction of sp³-hybridized carbons (Fsp3) is 0.167. The Balaban J connectivity index is 2.31. The number of Topliss-reactive ketones (excluding diaryl/α,β-unsaturated/α-hetero) is 1. The molecule has 0 saturated heterocycles. The molecule has 0 heterocycles. The SMILES string of the molecule is COC(=O)C(C)/C(=N\Nc1ccc(Cl)cc1)C(=O)c1ccccc1. The normalized spacial score (nSPS) is 12.4. The van der Waals surface area contributed by atoms with E-state index in [0.29, 0.717) is 16.3 Å². The van der Waals surface area contributed by atoms with E-state index in [4.69, 9.17) is 16.3 Å². The van der Waals surface area contributed by atoms with Gasteiger partial charge in [0.2, 0.25) is 5.78 Å². The van der Waals surface area contributed by atoms with Crippen molar-refractivity contribution in [2.45, 2.75) is 6.92 Å². The fourth-order valence-corrected chi connectivity index (χ4v) is 2.15. The molecule has 2 aromatic rings. The van der Waals surface area contributed by atoms with Gasteiger partial charge in [-0.05, 0) is 31.2 Å². The average Bonchev–Trinajstić information content (AvgIpc) is 2.63. The van der Waals surface area contributed by atoms with Crippen molar-refractivity contribution in [3.05, 3.63) is 65.2 Å². The van der Waals surface area contributed by atoms with Crippen molar-refractivity contribution < 1.29 is 14.3 Å². The smallest absolute Gasteiger partial charge is 0.314 e. The van der Waals surface area contributed by atoms with Crippen LogP contribution >= 0.6 is 11.6 Å². The molecule has 0 spiro atoms. The van der Waals surface area contributed by atoms with Gasteiger partial charge < -0.3 is 4.74 Å². The van der Waals surface area contributed by atoms with Gasteiger partial charge >= 0.3 is 5.97 Å². The summed E-state index contributed by atoms with van der Waals surface area (Å²) in [5.41, 5.74) is 3.95. The van der Waals surface area contributed by atoms with Crippen LogP contribution in [-0.2, 0) is 9.53 Å². The molecule has 1 unspecified atom stereocenters. The van der Waals surface area contributed by atoms with Crippen LogP contribution in [0.2, 0.25) is 5.02 Å². The predicted molar refractivity (Wildman–Crippen MR) is 94.5 cm³/mol. The Morgan fingerprint density at radius 1 is 1.08 bits per heavy atom. The highest BCUT2D eigenvalue weighted by Crippen LogP contribution is 2.15. The Kier molecular flexibility index (Phi) is 6.09. The van der Waals surface area contributed by atoms with Gasteiger partial charge in [0.1, 0.15) is 11.6 Å². The molecule has 2 rings (SSSR count). The summed E-state index contributed by atoms with van der Waals surface area (Å²) in [7, 11) is 1.27. The summed E-state index contributed by atoms with van der Waals surface area (Å²) in [4.78, 5) is 24.5. The first-order valence-electron chi connectivity index (χ1n) is 7.29. The fourth-order valence-electron chi connectivity index (χ4n) is 2.02. The third-order valence-electron chi connectivity index (χ3n) is 3.38. The van der Waals surface area contributed by atoms with Crippen LogP contribution < -0.4 is 5.43 Å². The molecule has 24 heavy (non-hydrogen) atoms. The summed E-state index contributed by atoms with van der Waals surface area (Å²) in [6.45, 7) is 1.58. The highest BCUT2D eigenvalue weighted by Gasteiger charge is 2.27. The van der Waals surface area contributed by atoms with Gasteiger partial charge in [0.05, 0.1) is 12.8 Å². The van der Waals surface area contributed by atoms with Gasteiger partial charge in [0, 0.05) is 10.6 Å². The van der Waals surface area contributed by atoms with Gasteiger partial charge in [-0.15, -0.1) is 0 Å². The molecule has 0 bridgehead atoms. The number of methoxy groups -OCH3 is 1. The second-order valence-corrected chi connectivity index (χ2v) is 5.49. The maximum absolute atomic E-state index is 12.7. The summed E-state index contributed by atoms with van der Waals surface area (Å²) in [6, 6.07) is 15.5. The van der Waals surface area contributed by atoms with Gasteiger partial charge in [0.15, 0.2) is 0 Å². The minimum atomic E-state index is -0.803. The number of esters is 1. The Bertz CT molecular complexity index is 743. The maximum atomic E-state index is 12.7. The predicted octanol–water partition coefficient (Wildman–Crippen LogP) is 3.80. The number of carbonyl (C=O) groups excluding carboxylic acids is 2. The number of nitrogens with zero attached hydrogens (tertiary/aromatic N) is 1. The van der Waals surface area contributed by atoms with Crippen LogP contribution in [0.25, 0.3) is 0 Å². The molecular formula is C18H17ClN2O3. The first kappa shape index (κ1) is 17.7. The van der Waals surface area contributed by atoms with Gasteiger partial charge in [-0.25, -0.2) is 0 Å². The molecule has 124 valence electrons. The number of carbonyl (C=O) groups is 2. The minimum Gasteiger partial charge on any atom is -0.469 e. The van der Waals surface area contributed by atoms with E-state index in [2.05, 4.69) is 10.5 Å². The zero-order valence-electron chi connectivity index (χ0n) is 13.3. The standard InChI is InChI=1S/C18H17ClN2O3/c1-12(18(23)24-2)16(17(22)13-6-4-3-5-7-13)21-20-15-10-8-14(19)9-11-15/h3-12,20H,1-2H3/b21-16+. The largest absolute Gasteiger partial charge is 0.469 e. The highest BCUT2D eigenvalue weighted by atomic mass is 35.5. The Morgan fingerprint density at radius 2 is 1.71 bits per heavy atom. The molecule has 0 fully saturated rings. The molecule has 0 saturated carbocycles. The molecule has 0 amide bonds. The number of ketones is 1. The van der Waals surface area contributed by atoms with E-state index < -0.39 is 11.9 Å². The Labute approximate surface area is 145 Å². The van der Waals surface area contributed by atoms with Crippen molar-refractivity contribution >= 4 is 34.8 Å². The lowest BCUT2D eigenvalue weighted by molar-refractivity contribution is -0.142. The number of halogens is 1. The molecule has 5 nitrogen and oxygen atoms in total. The lowest BCUT2D eigenvalue weighted by Gasteiger charge is -2.12. The number of benzene rings is 2. The lowest BCUT2D eigenvalue weighted by Crippen LogP contribution is -2.30. The minimum absolute atomic E-state index is 0.0722. The van der Waals surface area contributed by atoms with Gasteiger partial charge in [-0.3, -0.25) is 15.0 Å². The summed E-state index contributed by atoms with van der Waals surface area (Å²) < 4.78 is 4.73. The number of ether oxygens (including phenoxy) is 1. The first-order valence-corrected chi connectivity index (χ1v) is 7.67. The lowest BCUT2D eigenvalue weighted by atomic mass is 9.97. The van der Waals surface area contributed by atoms with E-state index in [1.807, 2.05) is 6.07 Å². The summed E-state index contributed by atoms with van der Waals surface area (Å²) in [6.07, 6.45) is 0. The monoisotopic (exact) mass is 344 g/mol. The Hall–Kier alpha value is -2.66. The zero-order chi connectivity index (χ0) is 17.5. The van der Waals surface area contributed by atoms with Crippen molar-refractivity contribution in [2.75, 3.05) is 12.5 Å². The number of hydrazone groups is 1. The highest BCUT2D eigenvalue weighted by molar-refractivity contribution is 6.49. The summed E-state index contributed by atoms with van der Waals surface area (Å²) >= 11 is 5.84. The molecule has 0 aliphatic heterocycles. The van der Waals surface area contributed by atoms with Crippen molar-refractivity contribution in [1.29, 1.82) is 0 Å². The molecule has 1 N–H and O–H groups in total. The van der Waals surface area contributed by atoms with Gasteiger partial charge in [0.25, 0.3) is 0 Å². The molecule has 6 heteroatoms. The van der Waals surface area contributed by atoms with E-state index in [-0.39, 0.29) is 11.5 Å². The van der Waals surface area contributed by atoms with E-state index in [9.17, 15) is 9.59 Å². The van der Waals surface area contributed by atoms with E-state index in [1.165, 1.54) is 7.11 Å². The van der Waals surface area contributed by atoms with Crippen molar-refractivity contribution in [3.8, 4) is 0 Å². The van der Waals surface area contributed by atoms with Crippen LogP contribution in [0.15, 0.2) is 59.7 Å². The van der Waals surface area contributed by atoms with Crippen LogP contribution in [0.3, 0.4) is 0 Å². The molecule has 0 aromatic heterocycles. The van der Waals surface area contributed by atoms with Crippen LogP contribution in [0.5, 0.6) is 0 Å². The molecule has 1 atom stereocenters. The third kappa shape index (κ3) is 4.43. The summed E-state index contributed by atoms with van der Waals surface area (Å²) in [5.74, 6) is -1.67. The van der Waals surface area contributed by atoms with Crippen molar-refractivity contribution in [1.82, 2.24) is 0 Å². The van der Waals surface area contributed by atoms with E-state index in [1.54, 1.807) is 55.5 Å². The van der Waals surface area contributed by atoms with Crippen LogP contribution in [0, 0.1) is 5.92 Å². The number of rotatable bonds is 6. The maximum Gasteiger partial charge on any atom is 0.314 e. The van der Waals surface area contributed by atoms with Gasteiger partial charge in [-0.2, -0.15) is 5.10 Å². The second-order valence-electron chi connectivity index (χ2n) is 5.06. The number of nitrogens with one attached hydrogen (secondary N) is 1. The summed E-state index contributed by atoms with van der Waals surface area (Å²) in [5, 5.41) is 4.73. The molecule has 0 aliphatic rings. The van der Waals surface area contributed by atoms with E-state index in [0.717, 1.165) is 0 Å². The second kappa shape index (κ2) is 8.26. The van der Waals surface area contributed by atoms with Crippen molar-refractivity contribution in [3.63, 3.8) is 0 Å². The molecular weight excluding hydrogens is 328 g/mol. The molecule has 2 aromatic carbocycles. The van der Waals surface area contributed by atoms with Crippen LogP contribution in [-0.4, -0.2) is 24.6 Å². The van der Waals surface area contributed by atoms with Crippen molar-refractivity contribution in [2.24, 2.45) is 11.0 Å². The number of anilines is 1. The molecule has 0 aliphatic carbocycles. The number of hydrogen-bond acceptors (Lipinski definition) is 5. The Morgan fingerprint density at radius 3 is 2.29 bits per heavy atom. The van der Waals surface area contributed by atoms with Crippen LogP contribution in [0.1, 0.15) is 17.3 Å². The topological polar surface area (TPSA) is 67.8 Å².